The minimum atomic E-state index is 0.444. The van der Waals surface area contributed by atoms with Gasteiger partial charge >= 0.3 is 0 Å². The van der Waals surface area contributed by atoms with E-state index < -0.39 is 0 Å². The number of benzene rings is 1. The van der Waals surface area contributed by atoms with Crippen molar-refractivity contribution in [3.05, 3.63) is 33.8 Å². The van der Waals surface area contributed by atoms with Crippen molar-refractivity contribution in [2.75, 3.05) is 0 Å². The van der Waals surface area contributed by atoms with Gasteiger partial charge in [-0.1, -0.05) is 54.8 Å². The van der Waals surface area contributed by atoms with E-state index in [2.05, 4.69) is 66.7 Å². The van der Waals surface area contributed by atoms with Crippen LogP contribution in [0.15, 0.2) is 22.7 Å². The highest BCUT2D eigenvalue weighted by atomic mass is 79.9. The number of rotatable bonds is 3. The van der Waals surface area contributed by atoms with E-state index in [0.717, 1.165) is 19.3 Å². The molecule has 0 spiro atoms. The molecule has 16 heavy (non-hydrogen) atoms. The second kappa shape index (κ2) is 6.76. The van der Waals surface area contributed by atoms with Crippen LogP contribution in [0.4, 0.5) is 0 Å². The van der Waals surface area contributed by atoms with Crippen LogP contribution >= 0.6 is 15.9 Å². The molecule has 0 saturated carbocycles. The third-order valence-corrected chi connectivity index (χ3v) is 3.30. The van der Waals surface area contributed by atoms with Gasteiger partial charge in [-0.15, -0.1) is 5.92 Å². The number of hydrogen-bond donors (Lipinski definition) is 0. The summed E-state index contributed by atoms with van der Waals surface area (Å²) in [7, 11) is 0. The molecule has 0 N–H and O–H groups in total. The lowest BCUT2D eigenvalue weighted by Gasteiger charge is -2.07. The van der Waals surface area contributed by atoms with E-state index in [1.165, 1.54) is 15.6 Å². The first kappa shape index (κ1) is 13.3. The van der Waals surface area contributed by atoms with Crippen LogP contribution in [0.5, 0.6) is 0 Å². The number of hydrogen-bond acceptors (Lipinski definition) is 0. The molecule has 0 fully saturated rings. The Morgan fingerprint density at radius 2 is 2.06 bits per heavy atom. The van der Waals surface area contributed by atoms with Crippen molar-refractivity contribution in [1.29, 1.82) is 0 Å². The fourth-order valence-corrected chi connectivity index (χ4v) is 2.39. The summed E-state index contributed by atoms with van der Waals surface area (Å²) in [6, 6.07) is 6.65. The summed E-state index contributed by atoms with van der Waals surface area (Å²) in [5, 5.41) is 0. The Kier molecular flexibility index (Phi) is 5.63. The van der Waals surface area contributed by atoms with E-state index in [0.29, 0.717) is 5.92 Å². The highest BCUT2D eigenvalue weighted by Crippen LogP contribution is 2.20. The lowest BCUT2D eigenvalue weighted by atomic mass is 10.00. The van der Waals surface area contributed by atoms with Gasteiger partial charge in [-0.25, -0.2) is 0 Å². The molecular formula is C15H19Br. The SMILES string of the molecule is CCC#CC(C)Cc1ccc(CC)c(Br)c1. The summed E-state index contributed by atoms with van der Waals surface area (Å²) in [6.07, 6.45) is 3.06. The lowest BCUT2D eigenvalue weighted by Crippen LogP contribution is -1.97. The molecule has 0 bridgehead atoms. The Bertz CT molecular complexity index is 396. The first-order valence-corrected chi connectivity index (χ1v) is 6.72. The normalized spacial score (nSPS) is 11.8. The van der Waals surface area contributed by atoms with Gasteiger partial charge in [-0.2, -0.15) is 0 Å². The van der Waals surface area contributed by atoms with E-state index in [1.54, 1.807) is 0 Å². The number of aryl methyl sites for hydroxylation is 1. The largest absolute Gasteiger partial charge is 0.103 e. The van der Waals surface area contributed by atoms with Gasteiger partial charge in [0.25, 0.3) is 0 Å². The van der Waals surface area contributed by atoms with Crippen LogP contribution in [0.2, 0.25) is 0 Å². The quantitative estimate of drug-likeness (QED) is 0.709. The van der Waals surface area contributed by atoms with E-state index in [4.69, 9.17) is 0 Å². The highest BCUT2D eigenvalue weighted by molar-refractivity contribution is 9.10. The van der Waals surface area contributed by atoms with Crippen LogP contribution in [0.3, 0.4) is 0 Å². The van der Waals surface area contributed by atoms with Gasteiger partial charge < -0.3 is 0 Å². The molecule has 1 rings (SSSR count). The Labute approximate surface area is 108 Å². The maximum Gasteiger partial charge on any atom is 0.0214 e. The molecule has 86 valence electrons. The Morgan fingerprint density at radius 1 is 1.31 bits per heavy atom. The zero-order chi connectivity index (χ0) is 12.0. The lowest BCUT2D eigenvalue weighted by molar-refractivity contribution is 0.748. The fraction of sp³-hybridized carbons (Fsp3) is 0.467. The zero-order valence-corrected chi connectivity index (χ0v) is 11.9. The second-order valence-corrected chi connectivity index (χ2v) is 4.91. The van der Waals surface area contributed by atoms with Gasteiger partial charge in [0.05, 0.1) is 0 Å². The van der Waals surface area contributed by atoms with E-state index >= 15 is 0 Å². The van der Waals surface area contributed by atoms with Crippen molar-refractivity contribution in [2.45, 2.75) is 40.0 Å². The van der Waals surface area contributed by atoms with Crippen molar-refractivity contribution in [2.24, 2.45) is 5.92 Å². The van der Waals surface area contributed by atoms with E-state index in [1.807, 2.05) is 0 Å². The topological polar surface area (TPSA) is 0 Å². The monoisotopic (exact) mass is 278 g/mol. The van der Waals surface area contributed by atoms with Gasteiger partial charge in [0.15, 0.2) is 0 Å². The summed E-state index contributed by atoms with van der Waals surface area (Å²) in [6.45, 7) is 6.45. The minimum absolute atomic E-state index is 0.444. The molecule has 1 aromatic carbocycles. The summed E-state index contributed by atoms with van der Waals surface area (Å²) in [5.74, 6) is 6.85. The molecule has 0 amide bonds. The first-order chi connectivity index (χ1) is 7.67. The van der Waals surface area contributed by atoms with E-state index in [9.17, 15) is 0 Å². The summed E-state index contributed by atoms with van der Waals surface area (Å²) < 4.78 is 1.23. The van der Waals surface area contributed by atoms with Crippen LogP contribution in [0.25, 0.3) is 0 Å². The van der Waals surface area contributed by atoms with Gasteiger partial charge in [0.1, 0.15) is 0 Å². The Morgan fingerprint density at radius 3 is 2.62 bits per heavy atom. The van der Waals surface area contributed by atoms with E-state index in [-0.39, 0.29) is 0 Å². The van der Waals surface area contributed by atoms with Crippen LogP contribution in [-0.4, -0.2) is 0 Å². The standard InChI is InChI=1S/C15H19Br/c1-4-6-7-12(3)10-13-8-9-14(5-2)15(16)11-13/h8-9,11-12H,4-5,10H2,1-3H3. The molecule has 1 unspecified atom stereocenters. The van der Waals surface area contributed by atoms with Crippen molar-refractivity contribution in [3.63, 3.8) is 0 Å². The molecule has 1 atom stereocenters. The second-order valence-electron chi connectivity index (χ2n) is 4.06. The summed E-state index contributed by atoms with van der Waals surface area (Å²) >= 11 is 3.61. The summed E-state index contributed by atoms with van der Waals surface area (Å²) in [4.78, 5) is 0. The minimum Gasteiger partial charge on any atom is -0.103 e. The predicted molar refractivity (Wildman–Crippen MR) is 74.5 cm³/mol. The Balaban J connectivity index is 2.71. The van der Waals surface area contributed by atoms with Crippen LogP contribution < -0.4 is 0 Å². The molecule has 0 heterocycles. The fourth-order valence-electron chi connectivity index (χ4n) is 1.69. The van der Waals surface area contributed by atoms with Crippen molar-refractivity contribution < 1.29 is 0 Å². The third-order valence-electron chi connectivity index (χ3n) is 2.57. The predicted octanol–water partition coefficient (Wildman–Crippen LogP) is 4.60. The smallest absolute Gasteiger partial charge is 0.0214 e. The van der Waals surface area contributed by atoms with Crippen molar-refractivity contribution >= 4 is 15.9 Å². The molecular weight excluding hydrogens is 260 g/mol. The van der Waals surface area contributed by atoms with Crippen LogP contribution in [0, 0.1) is 17.8 Å². The molecule has 1 aromatic rings. The molecule has 0 aromatic heterocycles. The Hall–Kier alpha value is -0.740. The molecule has 0 nitrogen and oxygen atoms in total. The average Bonchev–Trinajstić information content (AvgIpc) is 2.26. The van der Waals surface area contributed by atoms with Crippen LogP contribution in [0.1, 0.15) is 38.3 Å². The third kappa shape index (κ3) is 4.02. The zero-order valence-electron chi connectivity index (χ0n) is 10.3. The van der Waals surface area contributed by atoms with Gasteiger partial charge in [0, 0.05) is 16.8 Å². The van der Waals surface area contributed by atoms with Crippen LogP contribution in [-0.2, 0) is 12.8 Å². The highest BCUT2D eigenvalue weighted by Gasteiger charge is 2.03. The number of halogens is 1. The van der Waals surface area contributed by atoms with Gasteiger partial charge in [0.2, 0.25) is 0 Å². The molecule has 0 aliphatic rings. The average molecular weight is 279 g/mol. The maximum absolute atomic E-state index is 3.61. The maximum atomic E-state index is 3.61. The van der Waals surface area contributed by atoms with Gasteiger partial charge in [-0.3, -0.25) is 0 Å². The molecule has 0 aliphatic heterocycles. The summed E-state index contributed by atoms with van der Waals surface area (Å²) in [5.41, 5.74) is 2.73. The molecule has 0 saturated heterocycles. The first-order valence-electron chi connectivity index (χ1n) is 5.93. The van der Waals surface area contributed by atoms with Gasteiger partial charge in [-0.05, 0) is 30.0 Å². The molecule has 0 aliphatic carbocycles. The van der Waals surface area contributed by atoms with Crippen molar-refractivity contribution in [1.82, 2.24) is 0 Å². The van der Waals surface area contributed by atoms with Crippen molar-refractivity contribution in [3.8, 4) is 11.8 Å². The molecule has 1 heteroatoms. The molecule has 0 radical (unpaired) electrons.